The summed E-state index contributed by atoms with van der Waals surface area (Å²) in [5.41, 5.74) is 2.31. The van der Waals surface area contributed by atoms with Crippen molar-refractivity contribution in [2.24, 2.45) is 0 Å². The highest BCUT2D eigenvalue weighted by atomic mass is 19.1. The van der Waals surface area contributed by atoms with E-state index in [1.165, 1.54) is 17.8 Å². The highest BCUT2D eigenvalue weighted by Gasteiger charge is 2.10. The topological polar surface area (TPSA) is 42.0 Å². The molecule has 0 aliphatic carbocycles. The summed E-state index contributed by atoms with van der Waals surface area (Å²) >= 11 is 0. The van der Waals surface area contributed by atoms with Gasteiger partial charge in [-0.05, 0) is 31.0 Å². The second kappa shape index (κ2) is 6.09. The number of rotatable bonds is 4. The summed E-state index contributed by atoms with van der Waals surface area (Å²) in [5.74, 6) is -1.17. The quantitative estimate of drug-likeness (QED) is 0.856. The number of nitrogens with zero attached hydrogens (tertiary/aromatic N) is 1. The van der Waals surface area contributed by atoms with Crippen LogP contribution in [0.25, 0.3) is 0 Å². The van der Waals surface area contributed by atoms with Crippen LogP contribution in [0, 0.1) is 12.9 Å². The largest absolute Gasteiger partial charge is 0.352 e. The summed E-state index contributed by atoms with van der Waals surface area (Å²) in [4.78, 5) is 15.2. The van der Waals surface area contributed by atoms with Crippen LogP contribution in [-0.4, -0.2) is 17.4 Å². The number of benzene rings is 1. The van der Waals surface area contributed by atoms with Crippen molar-refractivity contribution >= 4 is 5.91 Å². The molecule has 1 N–H and O–H groups in total. The van der Waals surface area contributed by atoms with Gasteiger partial charge in [0.15, 0.2) is 0 Å². The number of halogens is 1. The number of aromatic nitrogens is 1. The van der Waals surface area contributed by atoms with Gasteiger partial charge in [-0.1, -0.05) is 29.8 Å². The molecule has 0 spiro atoms. The number of carbonyl (C=O) groups excluding carboxylic acids is 1. The molecule has 0 bridgehead atoms. The average molecular weight is 258 g/mol. The predicted molar refractivity (Wildman–Crippen MR) is 71.4 cm³/mol. The van der Waals surface area contributed by atoms with Crippen LogP contribution < -0.4 is 5.32 Å². The molecule has 19 heavy (non-hydrogen) atoms. The van der Waals surface area contributed by atoms with E-state index in [1.807, 2.05) is 25.1 Å². The van der Waals surface area contributed by atoms with E-state index < -0.39 is 11.9 Å². The molecule has 1 aromatic carbocycles. The van der Waals surface area contributed by atoms with Gasteiger partial charge in [-0.3, -0.25) is 4.79 Å². The Hall–Kier alpha value is -2.23. The Morgan fingerprint density at radius 3 is 2.89 bits per heavy atom. The second-order valence-corrected chi connectivity index (χ2v) is 4.34. The number of amides is 1. The third-order valence-corrected chi connectivity index (χ3v) is 2.79. The Kier molecular flexibility index (Phi) is 4.23. The number of carbonyl (C=O) groups is 1. The standard InChI is InChI=1S/C15H15FN2O/c1-11-4-2-5-12(10-11)7-9-18-15(19)13-6-3-8-17-14(13)16/h2-6,8,10H,7,9H2,1H3,(H,18,19). The number of aryl methyl sites for hydroxylation is 1. The van der Waals surface area contributed by atoms with E-state index in [0.717, 1.165) is 12.0 Å². The molecule has 0 saturated carbocycles. The monoisotopic (exact) mass is 258 g/mol. The van der Waals surface area contributed by atoms with Gasteiger partial charge in [-0.15, -0.1) is 0 Å². The third kappa shape index (κ3) is 3.61. The van der Waals surface area contributed by atoms with Gasteiger partial charge in [0.2, 0.25) is 5.95 Å². The van der Waals surface area contributed by atoms with Gasteiger partial charge in [-0.25, -0.2) is 4.98 Å². The van der Waals surface area contributed by atoms with Crippen LogP contribution in [0.5, 0.6) is 0 Å². The average Bonchev–Trinajstić information content (AvgIpc) is 2.39. The van der Waals surface area contributed by atoms with Crippen molar-refractivity contribution in [1.29, 1.82) is 0 Å². The van der Waals surface area contributed by atoms with Crippen LogP contribution in [0.2, 0.25) is 0 Å². The highest BCUT2D eigenvalue weighted by molar-refractivity contribution is 5.94. The highest BCUT2D eigenvalue weighted by Crippen LogP contribution is 2.05. The van der Waals surface area contributed by atoms with Crippen LogP contribution in [0.4, 0.5) is 4.39 Å². The van der Waals surface area contributed by atoms with Crippen molar-refractivity contribution < 1.29 is 9.18 Å². The van der Waals surface area contributed by atoms with Gasteiger partial charge < -0.3 is 5.32 Å². The van der Waals surface area contributed by atoms with Gasteiger partial charge in [-0.2, -0.15) is 4.39 Å². The lowest BCUT2D eigenvalue weighted by Gasteiger charge is -2.06. The van der Waals surface area contributed by atoms with Gasteiger partial charge in [0.25, 0.3) is 5.91 Å². The number of hydrogen-bond acceptors (Lipinski definition) is 2. The number of hydrogen-bond donors (Lipinski definition) is 1. The molecule has 4 heteroatoms. The first-order valence-corrected chi connectivity index (χ1v) is 6.11. The van der Waals surface area contributed by atoms with Crippen molar-refractivity contribution in [3.63, 3.8) is 0 Å². The summed E-state index contributed by atoms with van der Waals surface area (Å²) in [7, 11) is 0. The summed E-state index contributed by atoms with van der Waals surface area (Å²) in [6, 6.07) is 11.0. The molecule has 0 atom stereocenters. The van der Waals surface area contributed by atoms with Gasteiger partial charge in [0.1, 0.15) is 0 Å². The van der Waals surface area contributed by atoms with Gasteiger partial charge in [0, 0.05) is 12.7 Å². The smallest absolute Gasteiger partial charge is 0.255 e. The maximum atomic E-state index is 13.3. The lowest BCUT2D eigenvalue weighted by Crippen LogP contribution is -2.26. The summed E-state index contributed by atoms with van der Waals surface area (Å²) in [5, 5.41) is 2.69. The van der Waals surface area contributed by atoms with E-state index in [2.05, 4.69) is 16.4 Å². The van der Waals surface area contributed by atoms with Crippen molar-refractivity contribution in [3.8, 4) is 0 Å². The fourth-order valence-electron chi connectivity index (χ4n) is 1.84. The third-order valence-electron chi connectivity index (χ3n) is 2.79. The first kappa shape index (κ1) is 13.2. The zero-order chi connectivity index (χ0) is 13.7. The van der Waals surface area contributed by atoms with Crippen LogP contribution in [-0.2, 0) is 6.42 Å². The summed E-state index contributed by atoms with van der Waals surface area (Å²) in [6.45, 7) is 2.49. The van der Waals surface area contributed by atoms with E-state index >= 15 is 0 Å². The molecule has 98 valence electrons. The molecule has 3 nitrogen and oxygen atoms in total. The zero-order valence-electron chi connectivity index (χ0n) is 10.7. The SMILES string of the molecule is Cc1cccc(CCNC(=O)c2cccnc2F)c1. The fraction of sp³-hybridized carbons (Fsp3) is 0.200. The van der Waals surface area contributed by atoms with Crippen LogP contribution >= 0.6 is 0 Å². The number of pyridine rings is 1. The molecule has 0 fully saturated rings. The molecule has 2 aromatic rings. The second-order valence-electron chi connectivity index (χ2n) is 4.34. The molecule has 1 amide bonds. The lowest BCUT2D eigenvalue weighted by molar-refractivity contribution is 0.0949. The molecule has 0 saturated heterocycles. The first-order chi connectivity index (χ1) is 9.16. The maximum Gasteiger partial charge on any atom is 0.255 e. The zero-order valence-corrected chi connectivity index (χ0v) is 10.7. The van der Waals surface area contributed by atoms with E-state index in [1.54, 1.807) is 6.07 Å². The van der Waals surface area contributed by atoms with Gasteiger partial charge >= 0.3 is 0 Å². The Morgan fingerprint density at radius 1 is 1.32 bits per heavy atom. The number of nitrogens with one attached hydrogen (secondary N) is 1. The molecule has 1 heterocycles. The summed E-state index contributed by atoms with van der Waals surface area (Å²) < 4.78 is 13.3. The predicted octanol–water partition coefficient (Wildman–Crippen LogP) is 2.50. The van der Waals surface area contributed by atoms with E-state index in [-0.39, 0.29) is 5.56 Å². The van der Waals surface area contributed by atoms with E-state index in [0.29, 0.717) is 6.54 Å². The van der Waals surface area contributed by atoms with Crippen LogP contribution in [0.3, 0.4) is 0 Å². The van der Waals surface area contributed by atoms with Crippen molar-refractivity contribution in [1.82, 2.24) is 10.3 Å². The molecule has 0 aliphatic heterocycles. The lowest BCUT2D eigenvalue weighted by atomic mass is 10.1. The maximum absolute atomic E-state index is 13.3. The molecular weight excluding hydrogens is 243 g/mol. The Bertz CT molecular complexity index is 584. The van der Waals surface area contributed by atoms with Crippen LogP contribution in [0.15, 0.2) is 42.6 Å². The minimum atomic E-state index is -0.740. The Balaban J connectivity index is 1.90. The summed E-state index contributed by atoms with van der Waals surface area (Å²) in [6.07, 6.45) is 2.04. The Morgan fingerprint density at radius 2 is 2.16 bits per heavy atom. The molecule has 1 aromatic heterocycles. The van der Waals surface area contributed by atoms with E-state index in [9.17, 15) is 9.18 Å². The molecule has 0 radical (unpaired) electrons. The fourth-order valence-corrected chi connectivity index (χ4v) is 1.84. The van der Waals surface area contributed by atoms with Crippen molar-refractivity contribution in [2.75, 3.05) is 6.54 Å². The molecule has 2 rings (SSSR count). The van der Waals surface area contributed by atoms with Crippen molar-refractivity contribution in [2.45, 2.75) is 13.3 Å². The van der Waals surface area contributed by atoms with Crippen molar-refractivity contribution in [3.05, 3.63) is 65.2 Å². The first-order valence-electron chi connectivity index (χ1n) is 6.11. The van der Waals surface area contributed by atoms with Gasteiger partial charge in [0.05, 0.1) is 5.56 Å². The molecule has 0 aliphatic rings. The Labute approximate surface area is 111 Å². The molecule has 0 unspecified atom stereocenters. The minimum Gasteiger partial charge on any atom is -0.352 e. The molecular formula is C15H15FN2O. The normalized spacial score (nSPS) is 10.2. The van der Waals surface area contributed by atoms with E-state index in [4.69, 9.17) is 0 Å². The van der Waals surface area contributed by atoms with Crippen LogP contribution in [0.1, 0.15) is 21.5 Å². The minimum absolute atomic E-state index is 0.0215.